The van der Waals surface area contributed by atoms with Gasteiger partial charge in [0.25, 0.3) is 5.91 Å². The molecule has 0 unspecified atom stereocenters. The number of nitrogens with one attached hydrogen (secondary N) is 2. The first-order valence-electron chi connectivity index (χ1n) is 9.80. The van der Waals surface area contributed by atoms with Crippen molar-refractivity contribution in [3.05, 3.63) is 64.8 Å². The molecule has 0 spiro atoms. The SMILES string of the molecule is CN(C)S(=O)(=O)c1ccccc1CNC(=O)c1cccc2c3c([nH]c12)CCCC3. The Morgan fingerprint density at radius 1 is 1.07 bits per heavy atom. The molecule has 2 aromatic carbocycles. The third kappa shape index (κ3) is 3.56. The molecule has 152 valence electrons. The summed E-state index contributed by atoms with van der Waals surface area (Å²) in [5.74, 6) is -0.216. The van der Waals surface area contributed by atoms with E-state index in [1.807, 2.05) is 12.1 Å². The van der Waals surface area contributed by atoms with E-state index in [1.165, 1.54) is 42.5 Å². The molecule has 29 heavy (non-hydrogen) atoms. The Bertz CT molecular complexity index is 1180. The number of fused-ring (bicyclic) bond motifs is 3. The molecule has 0 radical (unpaired) electrons. The van der Waals surface area contributed by atoms with Gasteiger partial charge >= 0.3 is 0 Å². The van der Waals surface area contributed by atoms with E-state index < -0.39 is 10.0 Å². The number of aromatic nitrogens is 1. The summed E-state index contributed by atoms with van der Waals surface area (Å²) < 4.78 is 26.3. The fourth-order valence-corrected chi connectivity index (χ4v) is 5.10. The number of rotatable bonds is 5. The molecule has 0 bridgehead atoms. The van der Waals surface area contributed by atoms with Crippen LogP contribution in [0.3, 0.4) is 0 Å². The Kier molecular flexibility index (Phi) is 5.19. The number of sulfonamides is 1. The zero-order valence-electron chi connectivity index (χ0n) is 16.7. The maximum Gasteiger partial charge on any atom is 0.253 e. The average molecular weight is 412 g/mol. The van der Waals surface area contributed by atoms with E-state index in [1.54, 1.807) is 24.3 Å². The minimum Gasteiger partial charge on any atom is -0.358 e. The lowest BCUT2D eigenvalue weighted by Gasteiger charge is -2.15. The Labute approximate surface area is 171 Å². The van der Waals surface area contributed by atoms with Crippen LogP contribution in [0.4, 0.5) is 0 Å². The highest BCUT2D eigenvalue weighted by Gasteiger charge is 2.22. The molecule has 6 nitrogen and oxygen atoms in total. The Morgan fingerprint density at radius 3 is 2.62 bits per heavy atom. The number of para-hydroxylation sites is 1. The van der Waals surface area contributed by atoms with Gasteiger partial charge in [-0.25, -0.2) is 12.7 Å². The summed E-state index contributed by atoms with van der Waals surface area (Å²) >= 11 is 0. The maximum absolute atomic E-state index is 12.9. The first-order chi connectivity index (χ1) is 13.9. The van der Waals surface area contributed by atoms with Crippen molar-refractivity contribution < 1.29 is 13.2 Å². The number of hydrogen-bond donors (Lipinski definition) is 2. The Morgan fingerprint density at radius 2 is 1.83 bits per heavy atom. The highest BCUT2D eigenvalue weighted by molar-refractivity contribution is 7.89. The van der Waals surface area contributed by atoms with E-state index in [2.05, 4.69) is 16.4 Å². The lowest BCUT2D eigenvalue weighted by atomic mass is 9.95. The number of amides is 1. The first kappa shape index (κ1) is 19.7. The topological polar surface area (TPSA) is 82.3 Å². The second kappa shape index (κ2) is 7.65. The summed E-state index contributed by atoms with van der Waals surface area (Å²) in [6.07, 6.45) is 4.39. The van der Waals surface area contributed by atoms with Gasteiger partial charge in [-0.2, -0.15) is 0 Å². The smallest absolute Gasteiger partial charge is 0.253 e. The van der Waals surface area contributed by atoms with Crippen LogP contribution in [0, 0.1) is 0 Å². The normalized spacial score (nSPS) is 14.2. The molecule has 2 N–H and O–H groups in total. The van der Waals surface area contributed by atoms with Crippen LogP contribution >= 0.6 is 0 Å². The van der Waals surface area contributed by atoms with E-state index in [4.69, 9.17) is 0 Å². The molecule has 0 saturated heterocycles. The molecule has 0 saturated carbocycles. The van der Waals surface area contributed by atoms with E-state index in [0.29, 0.717) is 11.1 Å². The molecule has 1 heterocycles. The number of benzene rings is 2. The molecule has 0 atom stereocenters. The minimum absolute atomic E-state index is 0.138. The monoisotopic (exact) mass is 411 g/mol. The lowest BCUT2D eigenvalue weighted by Crippen LogP contribution is -2.27. The second-order valence-corrected chi connectivity index (χ2v) is 9.72. The Balaban J connectivity index is 1.62. The fourth-order valence-electron chi connectivity index (χ4n) is 3.99. The minimum atomic E-state index is -3.58. The van der Waals surface area contributed by atoms with Crippen LogP contribution in [0.1, 0.15) is 40.0 Å². The van der Waals surface area contributed by atoms with Gasteiger partial charge in [0.15, 0.2) is 0 Å². The van der Waals surface area contributed by atoms with Crippen molar-refractivity contribution >= 4 is 26.8 Å². The van der Waals surface area contributed by atoms with Gasteiger partial charge < -0.3 is 10.3 Å². The summed E-state index contributed by atoms with van der Waals surface area (Å²) in [6.45, 7) is 0.138. The molecule has 1 aromatic heterocycles. The van der Waals surface area contributed by atoms with Crippen LogP contribution in [0.2, 0.25) is 0 Å². The van der Waals surface area contributed by atoms with Crippen molar-refractivity contribution in [1.82, 2.24) is 14.6 Å². The standard InChI is InChI=1S/C22H25N3O3S/c1-25(2)29(27,28)20-13-6-3-8-15(20)14-23-22(26)18-11-7-10-17-16-9-4-5-12-19(16)24-21(17)18/h3,6-8,10-11,13,24H,4-5,9,12,14H2,1-2H3,(H,23,26). The van der Waals surface area contributed by atoms with E-state index >= 15 is 0 Å². The van der Waals surface area contributed by atoms with Crippen LogP contribution in [0.15, 0.2) is 47.4 Å². The van der Waals surface area contributed by atoms with Gasteiger partial charge in [0.2, 0.25) is 10.0 Å². The van der Waals surface area contributed by atoms with Crippen LogP contribution in [0.5, 0.6) is 0 Å². The van der Waals surface area contributed by atoms with E-state index in [9.17, 15) is 13.2 Å². The molecule has 3 aromatic rings. The lowest BCUT2D eigenvalue weighted by molar-refractivity contribution is 0.0952. The predicted molar refractivity (Wildman–Crippen MR) is 113 cm³/mol. The molecular formula is C22H25N3O3S. The summed E-state index contributed by atoms with van der Waals surface area (Å²) in [4.78, 5) is 16.6. The van der Waals surface area contributed by atoms with Crippen molar-refractivity contribution in [2.75, 3.05) is 14.1 Å². The van der Waals surface area contributed by atoms with Crippen LogP contribution < -0.4 is 5.32 Å². The number of aryl methyl sites for hydroxylation is 2. The summed E-state index contributed by atoms with van der Waals surface area (Å²) in [6, 6.07) is 12.5. The number of H-pyrrole nitrogens is 1. The van der Waals surface area contributed by atoms with Gasteiger partial charge in [-0.1, -0.05) is 30.3 Å². The van der Waals surface area contributed by atoms with Gasteiger partial charge in [-0.05, 0) is 48.9 Å². The highest BCUT2D eigenvalue weighted by Crippen LogP contribution is 2.30. The van der Waals surface area contributed by atoms with Crippen molar-refractivity contribution in [3.63, 3.8) is 0 Å². The van der Waals surface area contributed by atoms with Gasteiger partial charge in [-0.3, -0.25) is 4.79 Å². The first-order valence-corrected chi connectivity index (χ1v) is 11.2. The Hall–Kier alpha value is -2.64. The van der Waals surface area contributed by atoms with E-state index in [0.717, 1.165) is 23.7 Å². The number of aromatic amines is 1. The average Bonchev–Trinajstić information content (AvgIpc) is 3.11. The number of nitrogens with zero attached hydrogens (tertiary/aromatic N) is 1. The van der Waals surface area contributed by atoms with Crippen molar-refractivity contribution in [1.29, 1.82) is 0 Å². The van der Waals surface area contributed by atoms with Crippen molar-refractivity contribution in [3.8, 4) is 0 Å². The number of carbonyl (C=O) groups is 1. The molecule has 7 heteroatoms. The second-order valence-electron chi connectivity index (χ2n) is 7.60. The fraction of sp³-hybridized carbons (Fsp3) is 0.318. The summed E-state index contributed by atoms with van der Waals surface area (Å²) in [5, 5.41) is 4.01. The number of carbonyl (C=O) groups excluding carboxylic acids is 1. The van der Waals surface area contributed by atoms with Gasteiger partial charge in [0, 0.05) is 31.7 Å². The van der Waals surface area contributed by atoms with Crippen LogP contribution in [-0.2, 0) is 29.4 Å². The highest BCUT2D eigenvalue weighted by atomic mass is 32.2. The van der Waals surface area contributed by atoms with Crippen LogP contribution in [-0.4, -0.2) is 37.7 Å². The molecule has 0 aliphatic heterocycles. The largest absolute Gasteiger partial charge is 0.358 e. The summed E-state index contributed by atoms with van der Waals surface area (Å²) in [7, 11) is -0.584. The van der Waals surface area contributed by atoms with E-state index in [-0.39, 0.29) is 17.3 Å². The summed E-state index contributed by atoms with van der Waals surface area (Å²) in [5.41, 5.74) is 4.57. The van der Waals surface area contributed by atoms with Crippen molar-refractivity contribution in [2.45, 2.75) is 37.1 Å². The molecular weight excluding hydrogens is 386 g/mol. The quantitative estimate of drug-likeness (QED) is 0.676. The van der Waals surface area contributed by atoms with Crippen molar-refractivity contribution in [2.24, 2.45) is 0 Å². The zero-order chi connectivity index (χ0) is 20.6. The van der Waals surface area contributed by atoms with Crippen LogP contribution in [0.25, 0.3) is 10.9 Å². The molecule has 1 aliphatic rings. The zero-order valence-corrected chi connectivity index (χ0v) is 17.5. The molecule has 4 rings (SSSR count). The maximum atomic E-state index is 12.9. The third-order valence-corrected chi connectivity index (χ3v) is 7.46. The van der Waals surface area contributed by atoms with Gasteiger partial charge in [0.1, 0.15) is 0 Å². The van der Waals surface area contributed by atoms with Gasteiger partial charge in [-0.15, -0.1) is 0 Å². The van der Waals surface area contributed by atoms with Gasteiger partial charge in [0.05, 0.1) is 16.0 Å². The predicted octanol–water partition coefficient (Wildman–Crippen LogP) is 3.23. The third-order valence-electron chi connectivity index (χ3n) is 5.55. The number of hydrogen-bond acceptors (Lipinski definition) is 3. The molecule has 1 amide bonds. The molecule has 1 aliphatic carbocycles. The molecule has 0 fully saturated rings.